The van der Waals surface area contributed by atoms with Crippen molar-refractivity contribution >= 4 is 11.7 Å². The molecule has 0 unspecified atom stereocenters. The van der Waals surface area contributed by atoms with Crippen LogP contribution in [0.3, 0.4) is 0 Å². The molecule has 0 aliphatic carbocycles. The fourth-order valence-electron chi connectivity index (χ4n) is 0.631. The fraction of sp³-hybridized carbons (Fsp3) is 0.200. The normalized spacial score (nSPS) is 9.55. The van der Waals surface area contributed by atoms with Gasteiger partial charge in [0, 0.05) is 0 Å². The molecule has 1 aromatic rings. The second-order valence-electron chi connectivity index (χ2n) is 1.86. The van der Waals surface area contributed by atoms with E-state index < -0.39 is 11.5 Å². The van der Waals surface area contributed by atoms with Crippen molar-refractivity contribution in [3.8, 4) is 0 Å². The van der Waals surface area contributed by atoms with E-state index in [9.17, 15) is 9.59 Å². The van der Waals surface area contributed by atoms with Crippen LogP contribution in [0.5, 0.6) is 0 Å². The third-order valence-electron chi connectivity index (χ3n) is 1.20. The van der Waals surface area contributed by atoms with Gasteiger partial charge in [-0.05, 0) is 0 Å². The highest BCUT2D eigenvalue weighted by atomic mass is 16.5. The van der Waals surface area contributed by atoms with Crippen molar-refractivity contribution in [3.63, 3.8) is 0 Å². The zero-order valence-corrected chi connectivity index (χ0v) is 5.80. The Morgan fingerprint density at radius 3 is 2.55 bits per heavy atom. The predicted octanol–water partition coefficient (Wildman–Crippen LogP) is -0.928. The predicted molar refractivity (Wildman–Crippen MR) is 37.2 cm³/mol. The third-order valence-corrected chi connectivity index (χ3v) is 1.20. The minimum atomic E-state index is -0.666. The zero-order valence-electron chi connectivity index (χ0n) is 5.80. The van der Waals surface area contributed by atoms with Gasteiger partial charge in [0.05, 0.1) is 7.11 Å². The number of nitrogen functional groups attached to an aromatic ring is 1. The summed E-state index contributed by atoms with van der Waals surface area (Å²) < 4.78 is 4.32. The highest BCUT2D eigenvalue weighted by molar-refractivity contribution is 5.92. The molecule has 0 fully saturated rings. The number of nitrogens with one attached hydrogen (secondary N) is 2. The molecule has 0 bridgehead atoms. The molecule has 6 nitrogen and oxygen atoms in total. The molecular formula is C5H7N3O3. The van der Waals surface area contributed by atoms with Crippen molar-refractivity contribution in [1.82, 2.24) is 10.2 Å². The summed E-state index contributed by atoms with van der Waals surface area (Å²) >= 11 is 0. The molecule has 0 saturated heterocycles. The summed E-state index contributed by atoms with van der Waals surface area (Å²) in [6.07, 6.45) is 0. The monoisotopic (exact) mass is 157 g/mol. The number of hydrogen-bond donors (Lipinski definition) is 3. The van der Waals surface area contributed by atoms with Crippen molar-refractivity contribution in [1.29, 1.82) is 0 Å². The van der Waals surface area contributed by atoms with Crippen LogP contribution in [0.15, 0.2) is 4.79 Å². The molecule has 4 N–H and O–H groups in total. The highest BCUT2D eigenvalue weighted by Gasteiger charge is 2.13. The van der Waals surface area contributed by atoms with E-state index in [2.05, 4.69) is 14.9 Å². The van der Waals surface area contributed by atoms with E-state index in [1.807, 2.05) is 0 Å². The Hall–Kier alpha value is -1.72. The Bertz CT molecular complexity index is 324. The first kappa shape index (κ1) is 7.39. The number of aromatic amines is 2. The van der Waals surface area contributed by atoms with Crippen molar-refractivity contribution in [2.75, 3.05) is 12.8 Å². The first-order valence-electron chi connectivity index (χ1n) is 2.81. The third kappa shape index (κ3) is 1.09. The van der Waals surface area contributed by atoms with Gasteiger partial charge < -0.3 is 10.5 Å². The van der Waals surface area contributed by atoms with Gasteiger partial charge in [0.2, 0.25) is 0 Å². The Morgan fingerprint density at radius 1 is 1.55 bits per heavy atom. The van der Waals surface area contributed by atoms with Crippen LogP contribution in [-0.2, 0) is 4.74 Å². The van der Waals surface area contributed by atoms with Crippen molar-refractivity contribution in [3.05, 3.63) is 16.0 Å². The van der Waals surface area contributed by atoms with E-state index in [0.717, 1.165) is 0 Å². The molecule has 1 aromatic heterocycles. The molecule has 0 atom stereocenters. The van der Waals surface area contributed by atoms with Crippen molar-refractivity contribution < 1.29 is 9.53 Å². The molecule has 60 valence electrons. The number of carbonyl (C=O) groups is 1. The summed E-state index contributed by atoms with van der Waals surface area (Å²) in [6.45, 7) is 0. The zero-order chi connectivity index (χ0) is 8.43. The minimum Gasteiger partial charge on any atom is -0.464 e. The van der Waals surface area contributed by atoms with Crippen LogP contribution < -0.4 is 11.3 Å². The lowest BCUT2D eigenvalue weighted by Gasteiger charge is -1.93. The summed E-state index contributed by atoms with van der Waals surface area (Å²) in [4.78, 5) is 21.4. The smallest absolute Gasteiger partial charge is 0.358 e. The number of ether oxygens (including phenoxy) is 1. The van der Waals surface area contributed by atoms with E-state index >= 15 is 0 Å². The molecule has 0 aliphatic heterocycles. The van der Waals surface area contributed by atoms with Crippen LogP contribution in [0.2, 0.25) is 0 Å². The SMILES string of the molecule is COC(=O)c1[nH][nH]c(=O)c1N. The fourth-order valence-corrected chi connectivity index (χ4v) is 0.631. The van der Waals surface area contributed by atoms with E-state index in [4.69, 9.17) is 5.73 Å². The number of carbonyl (C=O) groups excluding carboxylic acids is 1. The van der Waals surface area contributed by atoms with Crippen LogP contribution in [0, 0.1) is 0 Å². The van der Waals surface area contributed by atoms with Gasteiger partial charge in [-0.1, -0.05) is 0 Å². The Morgan fingerprint density at radius 2 is 2.18 bits per heavy atom. The van der Waals surface area contributed by atoms with Crippen LogP contribution in [0.4, 0.5) is 5.69 Å². The summed E-state index contributed by atoms with van der Waals surface area (Å²) in [6, 6.07) is 0. The maximum absolute atomic E-state index is 10.8. The second-order valence-corrected chi connectivity index (χ2v) is 1.86. The molecule has 1 heterocycles. The molecule has 0 aromatic carbocycles. The van der Waals surface area contributed by atoms with E-state index in [1.54, 1.807) is 0 Å². The molecule has 0 amide bonds. The maximum atomic E-state index is 10.8. The summed E-state index contributed by atoms with van der Waals surface area (Å²) in [5.74, 6) is -0.666. The van der Waals surface area contributed by atoms with Gasteiger partial charge in [-0.25, -0.2) is 4.79 Å². The van der Waals surface area contributed by atoms with Gasteiger partial charge in [0.1, 0.15) is 5.69 Å². The standard InChI is InChI=1S/C5H7N3O3/c1-11-5(10)3-2(6)4(9)8-7-3/h6H2,1H3,(H2,7,8,9). The van der Waals surface area contributed by atoms with E-state index in [0.29, 0.717) is 0 Å². The summed E-state index contributed by atoms with van der Waals surface area (Å²) in [5, 5.41) is 4.43. The minimum absolute atomic E-state index is 0.0440. The molecule has 1 rings (SSSR count). The Kier molecular flexibility index (Phi) is 1.67. The lowest BCUT2D eigenvalue weighted by Crippen LogP contribution is -2.09. The number of H-pyrrole nitrogens is 2. The van der Waals surface area contributed by atoms with E-state index in [-0.39, 0.29) is 11.4 Å². The Labute approximate surface area is 61.3 Å². The molecule has 0 aliphatic rings. The molecule has 6 heteroatoms. The van der Waals surface area contributed by atoms with Gasteiger partial charge in [-0.2, -0.15) is 0 Å². The largest absolute Gasteiger partial charge is 0.464 e. The number of methoxy groups -OCH3 is 1. The number of hydrogen-bond acceptors (Lipinski definition) is 4. The van der Waals surface area contributed by atoms with E-state index in [1.165, 1.54) is 7.11 Å². The van der Waals surface area contributed by atoms with Crippen molar-refractivity contribution in [2.24, 2.45) is 0 Å². The van der Waals surface area contributed by atoms with Gasteiger partial charge in [0.25, 0.3) is 5.56 Å². The van der Waals surface area contributed by atoms with Crippen LogP contribution >= 0.6 is 0 Å². The van der Waals surface area contributed by atoms with Gasteiger partial charge in [-0.3, -0.25) is 15.0 Å². The molecule has 11 heavy (non-hydrogen) atoms. The molecule has 0 spiro atoms. The number of nitrogens with two attached hydrogens (primary N) is 1. The van der Waals surface area contributed by atoms with Crippen LogP contribution in [0.25, 0.3) is 0 Å². The van der Waals surface area contributed by atoms with Gasteiger partial charge in [-0.15, -0.1) is 0 Å². The topological polar surface area (TPSA) is 101 Å². The summed E-state index contributed by atoms with van der Waals surface area (Å²) in [5.41, 5.74) is 4.48. The number of esters is 1. The summed E-state index contributed by atoms with van der Waals surface area (Å²) in [7, 11) is 1.20. The lowest BCUT2D eigenvalue weighted by molar-refractivity contribution is 0.0595. The number of anilines is 1. The van der Waals surface area contributed by atoms with Gasteiger partial charge in [0.15, 0.2) is 5.69 Å². The highest BCUT2D eigenvalue weighted by Crippen LogP contribution is 2.00. The molecule has 0 radical (unpaired) electrons. The van der Waals surface area contributed by atoms with Crippen LogP contribution in [-0.4, -0.2) is 23.3 Å². The average molecular weight is 157 g/mol. The first-order chi connectivity index (χ1) is 5.16. The van der Waals surface area contributed by atoms with Crippen LogP contribution in [0.1, 0.15) is 10.5 Å². The average Bonchev–Trinajstić information content (AvgIpc) is 2.32. The number of aromatic nitrogens is 2. The molecular weight excluding hydrogens is 150 g/mol. The van der Waals surface area contributed by atoms with Gasteiger partial charge >= 0.3 is 5.97 Å². The Balaban J connectivity index is 3.15. The maximum Gasteiger partial charge on any atom is 0.358 e. The quantitative estimate of drug-likeness (QED) is 0.458. The number of rotatable bonds is 1. The van der Waals surface area contributed by atoms with Crippen molar-refractivity contribution in [2.45, 2.75) is 0 Å². The first-order valence-corrected chi connectivity index (χ1v) is 2.81. The molecule has 0 saturated carbocycles. The second kappa shape index (κ2) is 2.49. The lowest BCUT2D eigenvalue weighted by atomic mass is 10.4.